The zero-order valence-corrected chi connectivity index (χ0v) is 13.0. The number of ether oxygens (including phenoxy) is 2. The van der Waals surface area contributed by atoms with Crippen LogP contribution in [0.1, 0.15) is 16.7 Å². The maximum atomic E-state index is 10.8. The Hall–Kier alpha value is -3.26. The minimum Gasteiger partial charge on any atom is -0.448 e. The molecule has 2 aromatic rings. The van der Waals surface area contributed by atoms with E-state index in [0.29, 0.717) is 29.2 Å². The predicted molar refractivity (Wildman–Crippen MR) is 89.5 cm³/mol. The van der Waals surface area contributed by atoms with E-state index in [0.717, 1.165) is 11.1 Å². The van der Waals surface area contributed by atoms with E-state index in [1.807, 2.05) is 6.07 Å². The van der Waals surface area contributed by atoms with Crippen molar-refractivity contribution >= 4 is 17.6 Å². The number of hydrogen-bond donors (Lipinski definition) is 1. The van der Waals surface area contributed by atoms with Gasteiger partial charge >= 0.3 is 0 Å². The van der Waals surface area contributed by atoms with Crippen LogP contribution in [0.15, 0.2) is 46.6 Å². The number of aliphatic hydroxyl groups is 1. The number of nitro benzene ring substituents is 1. The highest BCUT2D eigenvalue weighted by molar-refractivity contribution is 6.14. The largest absolute Gasteiger partial charge is 0.448 e. The molecule has 0 amide bonds. The number of non-ortho nitro benzene ring substituents is 1. The van der Waals surface area contributed by atoms with Crippen LogP contribution in [0, 0.1) is 10.1 Å². The molecule has 0 spiro atoms. The van der Waals surface area contributed by atoms with E-state index in [4.69, 9.17) is 9.47 Å². The number of rotatable bonds is 3. The highest BCUT2D eigenvalue weighted by Gasteiger charge is 2.27. The van der Waals surface area contributed by atoms with Gasteiger partial charge < -0.3 is 14.6 Å². The number of aliphatic hydroxyl groups excluding tert-OH is 1. The number of nitrogens with zero attached hydrogens (tertiary/aromatic N) is 3. The van der Waals surface area contributed by atoms with Gasteiger partial charge in [-0.05, 0) is 29.8 Å². The molecular formula is C17H13N3O5. The molecule has 1 unspecified atom stereocenters. The monoisotopic (exact) mass is 339 g/mol. The van der Waals surface area contributed by atoms with Gasteiger partial charge in [0.2, 0.25) is 0 Å². The van der Waals surface area contributed by atoms with Gasteiger partial charge in [-0.2, -0.15) is 10.2 Å². The van der Waals surface area contributed by atoms with Gasteiger partial charge in [-0.1, -0.05) is 0 Å². The summed E-state index contributed by atoms with van der Waals surface area (Å²) >= 11 is 0. The Labute approximate surface area is 142 Å². The second kappa shape index (κ2) is 5.99. The molecule has 2 heterocycles. The summed E-state index contributed by atoms with van der Waals surface area (Å²) in [5.74, 6) is 1.09. The molecule has 4 rings (SSSR count). The smallest absolute Gasteiger partial charge is 0.269 e. The molecule has 2 aliphatic heterocycles. The minimum absolute atomic E-state index is 0.0122. The average molecular weight is 339 g/mol. The molecule has 8 heteroatoms. The third-order valence-corrected chi connectivity index (χ3v) is 3.99. The number of hydrogen-bond acceptors (Lipinski definition) is 7. The van der Waals surface area contributed by atoms with Gasteiger partial charge in [0.15, 0.2) is 11.5 Å². The fraction of sp³-hybridized carbons (Fsp3) is 0.176. The summed E-state index contributed by atoms with van der Waals surface area (Å²) in [5, 5.41) is 28.3. The van der Waals surface area contributed by atoms with Crippen molar-refractivity contribution in [3.8, 4) is 11.5 Å². The van der Waals surface area contributed by atoms with Crippen LogP contribution in [0.3, 0.4) is 0 Å². The molecule has 0 saturated carbocycles. The summed E-state index contributed by atoms with van der Waals surface area (Å²) in [5.41, 5.74) is 3.07. The lowest BCUT2D eigenvalue weighted by atomic mass is 9.95. The molecule has 0 saturated heterocycles. The predicted octanol–water partition coefficient (Wildman–Crippen LogP) is 2.06. The highest BCUT2D eigenvalue weighted by Crippen LogP contribution is 2.38. The first-order valence-electron chi connectivity index (χ1n) is 7.61. The van der Waals surface area contributed by atoms with Crippen molar-refractivity contribution in [2.75, 3.05) is 6.61 Å². The zero-order valence-electron chi connectivity index (χ0n) is 13.0. The van der Waals surface area contributed by atoms with Gasteiger partial charge in [0, 0.05) is 35.9 Å². The fourth-order valence-corrected chi connectivity index (χ4v) is 2.80. The molecule has 2 aromatic carbocycles. The highest BCUT2D eigenvalue weighted by atomic mass is 16.7. The van der Waals surface area contributed by atoms with Crippen LogP contribution in [0.5, 0.6) is 11.5 Å². The van der Waals surface area contributed by atoms with E-state index in [1.165, 1.54) is 12.1 Å². The maximum Gasteiger partial charge on any atom is 0.269 e. The molecule has 1 N–H and O–H groups in total. The number of nitro groups is 1. The molecule has 25 heavy (non-hydrogen) atoms. The Morgan fingerprint density at radius 1 is 1.20 bits per heavy atom. The summed E-state index contributed by atoms with van der Waals surface area (Å²) in [6.07, 6.45) is 1.54. The summed E-state index contributed by atoms with van der Waals surface area (Å²) in [6.45, 7) is -0.246. The van der Waals surface area contributed by atoms with E-state index in [1.54, 1.807) is 24.4 Å². The summed E-state index contributed by atoms with van der Waals surface area (Å²) in [6, 6.07) is 9.79. The molecule has 8 nitrogen and oxygen atoms in total. The molecule has 2 aliphatic rings. The Kier molecular flexibility index (Phi) is 3.66. The molecule has 1 atom stereocenters. The van der Waals surface area contributed by atoms with E-state index in [-0.39, 0.29) is 12.3 Å². The van der Waals surface area contributed by atoms with Crippen molar-refractivity contribution in [2.24, 2.45) is 10.2 Å². The van der Waals surface area contributed by atoms with E-state index in [2.05, 4.69) is 10.2 Å². The van der Waals surface area contributed by atoms with Crippen LogP contribution in [-0.2, 0) is 6.42 Å². The Bertz CT molecular complexity index is 905. The molecule has 0 radical (unpaired) electrons. The van der Waals surface area contributed by atoms with Crippen molar-refractivity contribution in [2.45, 2.75) is 12.7 Å². The first-order chi connectivity index (χ1) is 12.2. The van der Waals surface area contributed by atoms with E-state index in [9.17, 15) is 15.2 Å². The van der Waals surface area contributed by atoms with Crippen molar-refractivity contribution < 1.29 is 19.5 Å². The second-order valence-electron chi connectivity index (χ2n) is 5.56. The Balaban J connectivity index is 1.77. The van der Waals surface area contributed by atoms with Crippen molar-refractivity contribution in [1.82, 2.24) is 0 Å². The van der Waals surface area contributed by atoms with Gasteiger partial charge in [-0.3, -0.25) is 10.1 Å². The molecule has 0 aromatic heterocycles. The quantitative estimate of drug-likeness (QED) is 0.680. The topological polar surface area (TPSA) is 107 Å². The molecule has 0 fully saturated rings. The van der Waals surface area contributed by atoms with Crippen molar-refractivity contribution in [3.63, 3.8) is 0 Å². The van der Waals surface area contributed by atoms with Crippen molar-refractivity contribution in [3.05, 3.63) is 63.2 Å². The van der Waals surface area contributed by atoms with Gasteiger partial charge in [0.25, 0.3) is 12.0 Å². The van der Waals surface area contributed by atoms with Crippen LogP contribution in [0.4, 0.5) is 5.69 Å². The van der Waals surface area contributed by atoms with Crippen LogP contribution < -0.4 is 9.47 Å². The van der Waals surface area contributed by atoms with E-state index < -0.39 is 11.2 Å². The SMILES string of the molecule is O=[N+]([O-])c1ccc(C2=NN=CCc3cc4c(cc32)OC(CO)O4)cc1. The first kappa shape index (κ1) is 15.3. The number of benzene rings is 2. The van der Waals surface area contributed by atoms with Gasteiger partial charge in [0.05, 0.1) is 4.92 Å². The third kappa shape index (κ3) is 2.72. The van der Waals surface area contributed by atoms with Gasteiger partial charge in [0.1, 0.15) is 12.3 Å². The fourth-order valence-electron chi connectivity index (χ4n) is 2.80. The lowest BCUT2D eigenvalue weighted by Gasteiger charge is -2.10. The Morgan fingerprint density at radius 2 is 1.92 bits per heavy atom. The minimum atomic E-state index is -0.713. The molecular weight excluding hydrogens is 326 g/mol. The normalized spacial score (nSPS) is 17.6. The van der Waals surface area contributed by atoms with Crippen LogP contribution in [-0.4, -0.2) is 34.9 Å². The number of fused-ring (bicyclic) bond motifs is 2. The van der Waals surface area contributed by atoms with Crippen LogP contribution in [0.25, 0.3) is 0 Å². The average Bonchev–Trinajstić information content (AvgIpc) is 2.92. The van der Waals surface area contributed by atoms with Crippen molar-refractivity contribution in [1.29, 1.82) is 0 Å². The lowest BCUT2D eigenvalue weighted by molar-refractivity contribution is -0.384. The summed E-state index contributed by atoms with van der Waals surface area (Å²) in [4.78, 5) is 10.4. The standard InChI is InChI=1S/C17H13N3O5/c21-9-16-24-14-7-11-5-6-18-19-17(13(11)8-15(14)25-16)10-1-3-12(4-2-10)20(22)23/h1-4,6-8,16,21H,5,9H2. The Morgan fingerprint density at radius 3 is 2.60 bits per heavy atom. The lowest BCUT2D eigenvalue weighted by Crippen LogP contribution is -2.22. The van der Waals surface area contributed by atoms with E-state index >= 15 is 0 Å². The summed E-state index contributed by atoms with van der Waals surface area (Å²) in [7, 11) is 0. The van der Waals surface area contributed by atoms with Crippen LogP contribution >= 0.6 is 0 Å². The van der Waals surface area contributed by atoms with Gasteiger partial charge in [-0.15, -0.1) is 0 Å². The summed E-state index contributed by atoms with van der Waals surface area (Å²) < 4.78 is 11.1. The third-order valence-electron chi connectivity index (χ3n) is 3.99. The first-order valence-corrected chi connectivity index (χ1v) is 7.61. The zero-order chi connectivity index (χ0) is 17.4. The maximum absolute atomic E-state index is 10.8. The molecule has 0 aliphatic carbocycles. The second-order valence-corrected chi connectivity index (χ2v) is 5.56. The van der Waals surface area contributed by atoms with Gasteiger partial charge in [-0.25, -0.2) is 0 Å². The molecule has 0 bridgehead atoms. The molecule has 126 valence electrons. The van der Waals surface area contributed by atoms with Crippen LogP contribution in [0.2, 0.25) is 0 Å².